The highest BCUT2D eigenvalue weighted by atomic mass is 32.2. The lowest BCUT2D eigenvalue weighted by Crippen LogP contribution is -2.12. The molecule has 6 nitrogen and oxygen atoms in total. The van der Waals surface area contributed by atoms with Gasteiger partial charge in [0, 0.05) is 23.2 Å². The molecule has 4 aromatic rings. The molecule has 8 heteroatoms. The lowest BCUT2D eigenvalue weighted by molar-refractivity contribution is 0.210. The first-order valence-corrected chi connectivity index (χ1v) is 12.0. The maximum Gasteiger partial charge on any atom is 0.192 e. The fourth-order valence-corrected chi connectivity index (χ4v) is 4.92. The average Bonchev–Trinajstić information content (AvgIpc) is 3.46. The van der Waals surface area contributed by atoms with E-state index in [0.717, 1.165) is 38.7 Å². The molecule has 0 aliphatic carbocycles. The number of hydrogen-bond donors (Lipinski definition) is 0. The van der Waals surface area contributed by atoms with Crippen LogP contribution in [0.2, 0.25) is 0 Å². The minimum absolute atomic E-state index is 0.269. The molecule has 0 saturated heterocycles. The Morgan fingerprint density at radius 2 is 1.84 bits per heavy atom. The minimum Gasteiger partial charge on any atom is -0.497 e. The van der Waals surface area contributed by atoms with Gasteiger partial charge in [-0.15, -0.1) is 28.1 Å². The van der Waals surface area contributed by atoms with Gasteiger partial charge in [0.15, 0.2) is 17.1 Å². The van der Waals surface area contributed by atoms with E-state index in [4.69, 9.17) is 14.5 Å². The van der Waals surface area contributed by atoms with Gasteiger partial charge in [0.2, 0.25) is 0 Å². The van der Waals surface area contributed by atoms with Crippen LogP contribution in [-0.4, -0.2) is 26.9 Å². The summed E-state index contributed by atoms with van der Waals surface area (Å²) in [6.07, 6.45) is 1.57. The first-order chi connectivity index (χ1) is 15.7. The van der Waals surface area contributed by atoms with Crippen molar-refractivity contribution >= 4 is 23.1 Å². The molecule has 2 aromatic heterocycles. The van der Waals surface area contributed by atoms with Gasteiger partial charge in [-0.1, -0.05) is 48.2 Å². The normalized spacial score (nSPS) is 11.8. The molecule has 4 rings (SSSR count). The summed E-state index contributed by atoms with van der Waals surface area (Å²) in [4.78, 5) is 4.77. The molecule has 0 saturated carbocycles. The van der Waals surface area contributed by atoms with E-state index in [1.54, 1.807) is 30.2 Å². The number of thiazole rings is 1. The van der Waals surface area contributed by atoms with Crippen LogP contribution in [0.15, 0.2) is 77.8 Å². The van der Waals surface area contributed by atoms with Crippen molar-refractivity contribution in [3.63, 3.8) is 0 Å². The van der Waals surface area contributed by atoms with E-state index in [2.05, 4.69) is 34.3 Å². The summed E-state index contributed by atoms with van der Waals surface area (Å²) in [6.45, 7) is 6.46. The second-order valence-electron chi connectivity index (χ2n) is 6.97. The van der Waals surface area contributed by atoms with E-state index >= 15 is 0 Å². The number of allylic oxidation sites excluding steroid dienone is 1. The zero-order valence-electron chi connectivity index (χ0n) is 18.0. The van der Waals surface area contributed by atoms with E-state index < -0.39 is 0 Å². The van der Waals surface area contributed by atoms with Crippen molar-refractivity contribution < 1.29 is 9.47 Å². The highest BCUT2D eigenvalue weighted by Crippen LogP contribution is 2.29. The highest BCUT2D eigenvalue weighted by Gasteiger charge is 2.19. The van der Waals surface area contributed by atoms with Crippen LogP contribution in [0.5, 0.6) is 11.5 Å². The van der Waals surface area contributed by atoms with E-state index in [0.29, 0.717) is 12.3 Å². The van der Waals surface area contributed by atoms with Gasteiger partial charge < -0.3 is 9.47 Å². The third kappa shape index (κ3) is 5.20. The molecule has 0 aliphatic heterocycles. The van der Waals surface area contributed by atoms with E-state index in [9.17, 15) is 0 Å². The molecular formula is C24H24N4O2S2. The number of benzene rings is 2. The van der Waals surface area contributed by atoms with E-state index in [-0.39, 0.29) is 6.10 Å². The third-order valence-corrected chi connectivity index (χ3v) is 6.66. The monoisotopic (exact) mass is 464 g/mol. The number of hydrogen-bond acceptors (Lipinski definition) is 7. The molecule has 2 heterocycles. The van der Waals surface area contributed by atoms with Crippen molar-refractivity contribution in [1.29, 1.82) is 0 Å². The first-order valence-electron chi connectivity index (χ1n) is 10.1. The van der Waals surface area contributed by atoms with Crippen molar-refractivity contribution in [2.45, 2.75) is 30.5 Å². The Morgan fingerprint density at radius 1 is 1.09 bits per heavy atom. The van der Waals surface area contributed by atoms with Gasteiger partial charge in [0.05, 0.1) is 12.8 Å². The predicted molar refractivity (Wildman–Crippen MR) is 129 cm³/mol. The number of rotatable bonds is 10. The van der Waals surface area contributed by atoms with Crippen LogP contribution in [0, 0.1) is 0 Å². The summed E-state index contributed by atoms with van der Waals surface area (Å²) in [5, 5.41) is 12.8. The SMILES string of the molecule is C=CCn1c(SCc2csc(-c3ccccc3)n2)nnc1C(C)Oc1ccc(OC)cc1. The van der Waals surface area contributed by atoms with Gasteiger partial charge in [-0.2, -0.15) is 0 Å². The topological polar surface area (TPSA) is 62.1 Å². The largest absolute Gasteiger partial charge is 0.497 e. The Balaban J connectivity index is 1.45. The summed E-state index contributed by atoms with van der Waals surface area (Å²) in [5.74, 6) is 3.01. The first kappa shape index (κ1) is 22.1. The standard InChI is InChI=1S/C24H24N4O2S2/c1-4-14-28-22(17(2)30-21-12-10-20(29-3)11-13-21)26-27-24(28)32-16-19-15-31-23(25-19)18-8-6-5-7-9-18/h4-13,15,17H,1,14,16H2,2-3H3. The molecule has 0 fully saturated rings. The number of ether oxygens (including phenoxy) is 2. The molecule has 0 N–H and O–H groups in total. The molecule has 0 bridgehead atoms. The summed E-state index contributed by atoms with van der Waals surface area (Å²) in [5.41, 5.74) is 2.16. The molecule has 0 radical (unpaired) electrons. The zero-order chi connectivity index (χ0) is 22.3. The number of thioether (sulfide) groups is 1. The summed E-state index contributed by atoms with van der Waals surface area (Å²) in [6, 6.07) is 17.7. The predicted octanol–water partition coefficient (Wildman–Crippen LogP) is 6.03. The molecule has 1 atom stereocenters. The fraction of sp³-hybridized carbons (Fsp3) is 0.208. The number of methoxy groups -OCH3 is 1. The van der Waals surface area contributed by atoms with Crippen LogP contribution in [0.25, 0.3) is 10.6 Å². The van der Waals surface area contributed by atoms with Crippen LogP contribution in [0.4, 0.5) is 0 Å². The number of nitrogens with zero attached hydrogens (tertiary/aromatic N) is 4. The molecular weight excluding hydrogens is 440 g/mol. The minimum atomic E-state index is -0.269. The average molecular weight is 465 g/mol. The lowest BCUT2D eigenvalue weighted by Gasteiger charge is -2.16. The van der Waals surface area contributed by atoms with E-state index in [1.165, 1.54) is 0 Å². The van der Waals surface area contributed by atoms with E-state index in [1.807, 2.05) is 60.0 Å². The fourth-order valence-electron chi connectivity index (χ4n) is 3.14. The Kier molecular flexibility index (Phi) is 7.24. The van der Waals surface area contributed by atoms with Crippen molar-refractivity contribution in [2.75, 3.05) is 7.11 Å². The van der Waals surface area contributed by atoms with Crippen LogP contribution >= 0.6 is 23.1 Å². The van der Waals surface area contributed by atoms with Gasteiger partial charge in [-0.3, -0.25) is 4.57 Å². The maximum absolute atomic E-state index is 6.08. The number of aromatic nitrogens is 4. The molecule has 32 heavy (non-hydrogen) atoms. The Morgan fingerprint density at radius 3 is 2.56 bits per heavy atom. The van der Waals surface area contributed by atoms with Crippen LogP contribution in [0.1, 0.15) is 24.5 Å². The Labute approximate surface area is 196 Å². The Hall–Kier alpha value is -3.10. The van der Waals surface area contributed by atoms with Gasteiger partial charge in [-0.25, -0.2) is 4.98 Å². The smallest absolute Gasteiger partial charge is 0.192 e. The Bertz CT molecular complexity index is 1160. The van der Waals surface area contributed by atoms with Gasteiger partial charge in [0.1, 0.15) is 16.5 Å². The van der Waals surface area contributed by atoms with Crippen molar-refractivity contribution in [3.05, 3.63) is 84.2 Å². The second kappa shape index (κ2) is 10.5. The van der Waals surface area contributed by atoms with Crippen LogP contribution in [0.3, 0.4) is 0 Å². The molecule has 0 aliphatic rings. The summed E-state index contributed by atoms with van der Waals surface area (Å²) < 4.78 is 13.3. The van der Waals surface area contributed by atoms with Gasteiger partial charge in [0.25, 0.3) is 0 Å². The van der Waals surface area contributed by atoms with Crippen molar-refractivity contribution in [3.8, 4) is 22.1 Å². The highest BCUT2D eigenvalue weighted by molar-refractivity contribution is 7.98. The zero-order valence-corrected chi connectivity index (χ0v) is 19.6. The summed E-state index contributed by atoms with van der Waals surface area (Å²) in [7, 11) is 1.64. The summed E-state index contributed by atoms with van der Waals surface area (Å²) >= 11 is 3.27. The lowest BCUT2D eigenvalue weighted by atomic mass is 10.2. The second-order valence-corrected chi connectivity index (χ2v) is 8.77. The van der Waals surface area contributed by atoms with Crippen molar-refractivity contribution in [1.82, 2.24) is 19.7 Å². The molecule has 164 valence electrons. The van der Waals surface area contributed by atoms with Crippen molar-refractivity contribution in [2.24, 2.45) is 0 Å². The maximum atomic E-state index is 6.08. The molecule has 1 unspecified atom stereocenters. The molecule has 0 amide bonds. The van der Waals surface area contributed by atoms with Gasteiger partial charge in [-0.05, 0) is 31.2 Å². The molecule has 2 aromatic carbocycles. The van der Waals surface area contributed by atoms with Crippen LogP contribution < -0.4 is 9.47 Å². The van der Waals surface area contributed by atoms with Gasteiger partial charge >= 0.3 is 0 Å². The molecule has 0 spiro atoms. The third-order valence-electron chi connectivity index (χ3n) is 4.71. The van der Waals surface area contributed by atoms with Crippen LogP contribution in [-0.2, 0) is 12.3 Å². The quantitative estimate of drug-likeness (QED) is 0.211.